The van der Waals surface area contributed by atoms with Gasteiger partial charge in [0.2, 0.25) is 10.0 Å². The molecular formula is C9H12N4O2S2. The van der Waals surface area contributed by atoms with Crippen LogP contribution in [0.25, 0.3) is 0 Å². The Hall–Kier alpha value is -1.25. The second-order valence-corrected chi connectivity index (χ2v) is 5.96. The molecule has 0 aliphatic rings. The zero-order valence-corrected chi connectivity index (χ0v) is 10.8. The molecule has 0 atom stereocenters. The van der Waals surface area contributed by atoms with E-state index in [0.29, 0.717) is 13.0 Å². The van der Waals surface area contributed by atoms with Crippen LogP contribution >= 0.6 is 11.3 Å². The molecule has 0 saturated carbocycles. The summed E-state index contributed by atoms with van der Waals surface area (Å²) in [6, 6.07) is 0. The lowest BCUT2D eigenvalue weighted by Crippen LogP contribution is -2.25. The van der Waals surface area contributed by atoms with Crippen LogP contribution in [0.2, 0.25) is 0 Å². The van der Waals surface area contributed by atoms with Crippen molar-refractivity contribution < 1.29 is 8.42 Å². The predicted molar refractivity (Wildman–Crippen MR) is 64.2 cm³/mol. The standard InChI is InChI=1S/C9H12N4O2S2/c1-13-5-9(4-11-13)17(14,15)12-3-2-8-6-16-7-10-8/h4-7,12H,2-3H2,1H3. The molecule has 92 valence electrons. The van der Waals surface area contributed by atoms with Gasteiger partial charge in [-0.25, -0.2) is 18.1 Å². The van der Waals surface area contributed by atoms with E-state index in [1.54, 1.807) is 12.6 Å². The van der Waals surface area contributed by atoms with Gasteiger partial charge in [-0.1, -0.05) is 0 Å². The van der Waals surface area contributed by atoms with E-state index < -0.39 is 10.0 Å². The molecule has 0 radical (unpaired) electrons. The molecule has 2 aromatic heterocycles. The van der Waals surface area contributed by atoms with Gasteiger partial charge in [-0.3, -0.25) is 4.68 Å². The third-order valence-electron chi connectivity index (χ3n) is 2.15. The summed E-state index contributed by atoms with van der Waals surface area (Å²) in [6.45, 7) is 0.334. The third kappa shape index (κ3) is 3.11. The summed E-state index contributed by atoms with van der Waals surface area (Å²) in [7, 11) is -1.78. The van der Waals surface area contributed by atoms with Crippen molar-refractivity contribution in [1.29, 1.82) is 0 Å². The molecule has 0 unspecified atom stereocenters. The second kappa shape index (κ2) is 4.94. The Bertz CT molecular complexity index is 574. The summed E-state index contributed by atoms with van der Waals surface area (Å²) in [5, 5.41) is 5.73. The van der Waals surface area contributed by atoms with Crippen LogP contribution in [0.5, 0.6) is 0 Å². The van der Waals surface area contributed by atoms with Crippen LogP contribution < -0.4 is 4.72 Å². The van der Waals surface area contributed by atoms with Gasteiger partial charge < -0.3 is 0 Å². The zero-order valence-electron chi connectivity index (χ0n) is 9.20. The molecule has 0 spiro atoms. The Morgan fingerprint density at radius 1 is 1.53 bits per heavy atom. The summed E-state index contributed by atoms with van der Waals surface area (Å²) in [5.41, 5.74) is 2.62. The van der Waals surface area contributed by atoms with E-state index in [-0.39, 0.29) is 4.90 Å². The number of rotatable bonds is 5. The molecule has 0 amide bonds. The van der Waals surface area contributed by atoms with Crippen LogP contribution in [0, 0.1) is 0 Å². The first-order valence-electron chi connectivity index (χ1n) is 4.93. The lowest BCUT2D eigenvalue weighted by atomic mass is 10.3. The van der Waals surface area contributed by atoms with Crippen molar-refractivity contribution in [2.75, 3.05) is 6.54 Å². The Balaban J connectivity index is 1.94. The van der Waals surface area contributed by atoms with Gasteiger partial charge in [0.1, 0.15) is 4.90 Å². The number of nitrogens with one attached hydrogen (secondary N) is 1. The summed E-state index contributed by atoms with van der Waals surface area (Å²) >= 11 is 1.50. The lowest BCUT2D eigenvalue weighted by molar-refractivity contribution is 0.581. The molecule has 0 bridgehead atoms. The first-order valence-corrected chi connectivity index (χ1v) is 7.36. The van der Waals surface area contributed by atoms with Crippen LogP contribution in [0.3, 0.4) is 0 Å². The average Bonchev–Trinajstić information content (AvgIpc) is 2.89. The highest BCUT2D eigenvalue weighted by atomic mass is 32.2. The van der Waals surface area contributed by atoms with Crippen molar-refractivity contribution in [3.63, 3.8) is 0 Å². The lowest BCUT2D eigenvalue weighted by Gasteiger charge is -2.02. The maximum Gasteiger partial charge on any atom is 0.243 e. The predicted octanol–water partition coefficient (Wildman–Crippen LogP) is 0.398. The van der Waals surface area contributed by atoms with E-state index in [4.69, 9.17) is 0 Å². The van der Waals surface area contributed by atoms with Gasteiger partial charge >= 0.3 is 0 Å². The fraction of sp³-hybridized carbons (Fsp3) is 0.333. The molecule has 0 aliphatic heterocycles. The van der Waals surface area contributed by atoms with Crippen molar-refractivity contribution in [2.24, 2.45) is 7.05 Å². The van der Waals surface area contributed by atoms with E-state index in [1.807, 2.05) is 5.38 Å². The number of sulfonamides is 1. The molecule has 0 aliphatic carbocycles. The first kappa shape index (κ1) is 12.2. The summed E-state index contributed by atoms with van der Waals surface area (Å²) in [6.07, 6.45) is 3.37. The molecular weight excluding hydrogens is 260 g/mol. The van der Waals surface area contributed by atoms with Crippen molar-refractivity contribution in [2.45, 2.75) is 11.3 Å². The van der Waals surface area contributed by atoms with Crippen LogP contribution in [0.1, 0.15) is 5.69 Å². The Kier molecular flexibility index (Phi) is 3.55. The normalized spacial score (nSPS) is 11.8. The Labute approximate surface area is 103 Å². The fourth-order valence-electron chi connectivity index (χ4n) is 1.30. The van der Waals surface area contributed by atoms with Crippen molar-refractivity contribution in [3.8, 4) is 0 Å². The van der Waals surface area contributed by atoms with Crippen molar-refractivity contribution in [3.05, 3.63) is 29.0 Å². The summed E-state index contributed by atoms with van der Waals surface area (Å²) in [4.78, 5) is 4.26. The number of aromatic nitrogens is 3. The van der Waals surface area contributed by atoms with Gasteiger partial charge in [-0.2, -0.15) is 5.10 Å². The van der Waals surface area contributed by atoms with Gasteiger partial charge in [-0.05, 0) is 0 Å². The highest BCUT2D eigenvalue weighted by Crippen LogP contribution is 2.06. The molecule has 6 nitrogen and oxygen atoms in total. The van der Waals surface area contributed by atoms with Crippen LogP contribution in [-0.4, -0.2) is 29.7 Å². The van der Waals surface area contributed by atoms with E-state index >= 15 is 0 Å². The van der Waals surface area contributed by atoms with Gasteiger partial charge in [0, 0.05) is 31.6 Å². The molecule has 2 aromatic rings. The topological polar surface area (TPSA) is 76.9 Å². The number of hydrogen-bond donors (Lipinski definition) is 1. The molecule has 17 heavy (non-hydrogen) atoms. The minimum Gasteiger partial charge on any atom is -0.274 e. The van der Waals surface area contributed by atoms with Crippen LogP contribution in [0.4, 0.5) is 0 Å². The largest absolute Gasteiger partial charge is 0.274 e. The van der Waals surface area contributed by atoms with Crippen molar-refractivity contribution in [1.82, 2.24) is 19.5 Å². The van der Waals surface area contributed by atoms with Gasteiger partial charge in [0.05, 0.1) is 17.4 Å². The highest BCUT2D eigenvalue weighted by molar-refractivity contribution is 7.89. The Morgan fingerprint density at radius 2 is 2.35 bits per heavy atom. The molecule has 0 saturated heterocycles. The van der Waals surface area contributed by atoms with E-state index in [2.05, 4.69) is 14.8 Å². The monoisotopic (exact) mass is 272 g/mol. The molecule has 0 fully saturated rings. The fourth-order valence-corrected chi connectivity index (χ4v) is 2.90. The second-order valence-electron chi connectivity index (χ2n) is 3.48. The number of thiazole rings is 1. The number of nitrogens with zero attached hydrogens (tertiary/aromatic N) is 3. The molecule has 2 rings (SSSR count). The zero-order chi connectivity index (χ0) is 12.3. The number of hydrogen-bond acceptors (Lipinski definition) is 5. The minimum atomic E-state index is -3.45. The first-order chi connectivity index (χ1) is 8.08. The van der Waals surface area contributed by atoms with Crippen LogP contribution in [0.15, 0.2) is 28.2 Å². The average molecular weight is 272 g/mol. The highest BCUT2D eigenvalue weighted by Gasteiger charge is 2.15. The summed E-state index contributed by atoms with van der Waals surface area (Å²) in [5.74, 6) is 0. The van der Waals surface area contributed by atoms with E-state index in [1.165, 1.54) is 28.4 Å². The SMILES string of the molecule is Cn1cc(S(=O)(=O)NCCc2cscn2)cn1. The molecule has 8 heteroatoms. The van der Waals surface area contributed by atoms with E-state index in [0.717, 1.165) is 5.69 Å². The molecule has 2 heterocycles. The smallest absolute Gasteiger partial charge is 0.243 e. The third-order valence-corrected chi connectivity index (χ3v) is 4.20. The van der Waals surface area contributed by atoms with Crippen LogP contribution in [-0.2, 0) is 23.5 Å². The van der Waals surface area contributed by atoms with Crippen molar-refractivity contribution >= 4 is 21.4 Å². The molecule has 1 N–H and O–H groups in total. The maximum atomic E-state index is 11.8. The minimum absolute atomic E-state index is 0.179. The van der Waals surface area contributed by atoms with Gasteiger partial charge in [-0.15, -0.1) is 11.3 Å². The number of aryl methyl sites for hydroxylation is 1. The molecule has 0 aromatic carbocycles. The quantitative estimate of drug-likeness (QED) is 0.854. The Morgan fingerprint density at radius 3 is 2.94 bits per heavy atom. The maximum absolute atomic E-state index is 11.8. The van der Waals surface area contributed by atoms with Gasteiger partial charge in [0.15, 0.2) is 0 Å². The van der Waals surface area contributed by atoms with Gasteiger partial charge in [0.25, 0.3) is 0 Å². The van der Waals surface area contributed by atoms with E-state index in [9.17, 15) is 8.42 Å². The summed E-state index contributed by atoms with van der Waals surface area (Å²) < 4.78 is 27.5.